The number of ether oxygens (including phenoxy) is 1. The van der Waals surface area contributed by atoms with Crippen molar-refractivity contribution < 1.29 is 23.0 Å². The second kappa shape index (κ2) is 7.80. The molecule has 2 aromatic carbocycles. The molecule has 0 saturated carbocycles. The highest BCUT2D eigenvalue weighted by atomic mass is 19.4. The summed E-state index contributed by atoms with van der Waals surface area (Å²) in [7, 11) is 1.55. The molecule has 1 atom stereocenters. The maximum Gasteiger partial charge on any atom is 0.416 e. The van der Waals surface area contributed by atoms with Crippen LogP contribution in [0.3, 0.4) is 0 Å². The summed E-state index contributed by atoms with van der Waals surface area (Å²) < 4.78 is 45.6. The van der Waals surface area contributed by atoms with Crippen LogP contribution in [0.15, 0.2) is 52.1 Å². The smallest absolute Gasteiger partial charge is 0.416 e. The zero-order valence-corrected chi connectivity index (χ0v) is 17.8. The number of fused-ring (bicyclic) bond motifs is 3. The van der Waals surface area contributed by atoms with Gasteiger partial charge in [-0.1, -0.05) is 6.07 Å². The number of alkyl halides is 3. The first kappa shape index (κ1) is 21.8. The van der Waals surface area contributed by atoms with Gasteiger partial charge in [-0.15, -0.1) is 0 Å². The molecule has 34 heavy (non-hydrogen) atoms. The van der Waals surface area contributed by atoms with E-state index < -0.39 is 34.9 Å². The molecule has 0 aliphatic carbocycles. The molecule has 0 saturated heterocycles. The quantitative estimate of drug-likeness (QED) is 0.366. The summed E-state index contributed by atoms with van der Waals surface area (Å²) in [4.78, 5) is 30.7. The summed E-state index contributed by atoms with van der Waals surface area (Å²) in [6.45, 7) is 0.462. The Bertz CT molecular complexity index is 1530. The minimum atomic E-state index is -4.65. The Hall–Kier alpha value is -3.99. The number of rotatable bonds is 3. The van der Waals surface area contributed by atoms with Gasteiger partial charge in [0, 0.05) is 23.1 Å². The summed E-state index contributed by atoms with van der Waals surface area (Å²) in [5, 5.41) is 15.1. The van der Waals surface area contributed by atoms with E-state index in [1.807, 2.05) is 12.1 Å². The molecule has 0 spiro atoms. The number of nitrogens with zero attached hydrogens (tertiary/aromatic N) is 1. The van der Waals surface area contributed by atoms with Gasteiger partial charge in [-0.2, -0.15) is 13.2 Å². The molecule has 5 rings (SSSR count). The predicted molar refractivity (Wildman–Crippen MR) is 118 cm³/mol. The zero-order chi connectivity index (χ0) is 24.2. The molecule has 0 fully saturated rings. The highest BCUT2D eigenvalue weighted by Crippen LogP contribution is 2.37. The summed E-state index contributed by atoms with van der Waals surface area (Å²) >= 11 is 0. The van der Waals surface area contributed by atoms with E-state index in [4.69, 9.17) is 4.74 Å². The van der Waals surface area contributed by atoms with Crippen molar-refractivity contribution in [2.24, 2.45) is 0 Å². The van der Waals surface area contributed by atoms with Gasteiger partial charge in [0.25, 0.3) is 5.56 Å². The van der Waals surface area contributed by atoms with Crippen molar-refractivity contribution in [3.63, 3.8) is 0 Å². The van der Waals surface area contributed by atoms with Crippen molar-refractivity contribution in [1.29, 1.82) is 0 Å². The molecular weight excluding hydrogens is 453 g/mol. The molecule has 4 N–H and O–H groups in total. The van der Waals surface area contributed by atoms with E-state index in [1.54, 1.807) is 13.2 Å². The van der Waals surface area contributed by atoms with E-state index >= 15 is 0 Å². The molecule has 8 nitrogen and oxygen atoms in total. The summed E-state index contributed by atoms with van der Waals surface area (Å²) in [5.41, 5.74) is -0.981. The molecule has 2 aromatic heterocycles. The first-order valence-corrected chi connectivity index (χ1v) is 10.4. The lowest BCUT2D eigenvalue weighted by atomic mass is 9.95. The third kappa shape index (κ3) is 3.45. The predicted octanol–water partition coefficient (Wildman–Crippen LogP) is 2.98. The van der Waals surface area contributed by atoms with Gasteiger partial charge >= 0.3 is 11.9 Å². The van der Waals surface area contributed by atoms with Crippen molar-refractivity contribution >= 4 is 10.9 Å². The van der Waals surface area contributed by atoms with Gasteiger partial charge in [-0.25, -0.2) is 9.36 Å². The van der Waals surface area contributed by atoms with Crippen LogP contribution in [0.2, 0.25) is 0 Å². The fourth-order valence-corrected chi connectivity index (χ4v) is 4.44. The maximum atomic E-state index is 13.2. The number of hydrogen-bond donors (Lipinski definition) is 4. The van der Waals surface area contributed by atoms with Crippen LogP contribution in [-0.4, -0.2) is 33.3 Å². The number of H-pyrrole nitrogens is 2. The van der Waals surface area contributed by atoms with Crippen LogP contribution in [0.25, 0.3) is 16.6 Å². The van der Waals surface area contributed by atoms with Crippen LogP contribution in [0, 0.1) is 0 Å². The van der Waals surface area contributed by atoms with Gasteiger partial charge in [0.2, 0.25) is 5.88 Å². The molecule has 4 aromatic rings. The van der Waals surface area contributed by atoms with Crippen LogP contribution >= 0.6 is 0 Å². The molecule has 176 valence electrons. The fourth-order valence-electron chi connectivity index (χ4n) is 4.44. The van der Waals surface area contributed by atoms with Gasteiger partial charge in [0.15, 0.2) is 0 Å². The zero-order valence-electron chi connectivity index (χ0n) is 17.8. The van der Waals surface area contributed by atoms with E-state index in [2.05, 4.69) is 15.3 Å². The molecule has 1 aliphatic rings. The third-order valence-corrected chi connectivity index (χ3v) is 6.00. The largest absolute Gasteiger partial charge is 0.497 e. The average molecular weight is 472 g/mol. The Morgan fingerprint density at radius 3 is 2.65 bits per heavy atom. The van der Waals surface area contributed by atoms with Crippen molar-refractivity contribution in [2.45, 2.75) is 18.6 Å². The second-order valence-electron chi connectivity index (χ2n) is 7.95. The van der Waals surface area contributed by atoms with Crippen LogP contribution < -0.4 is 21.3 Å². The Kier molecular flexibility index (Phi) is 5.01. The lowest BCUT2D eigenvalue weighted by Gasteiger charge is -2.25. The second-order valence-corrected chi connectivity index (χ2v) is 7.95. The SMILES string of the molecule is COc1ccc2[nH]c3c(c2c1)CCN[C@H]3c1c(O)n(-c2cccc(C(F)(F)F)c2)c(=O)[nH]c1=O. The molecule has 0 bridgehead atoms. The van der Waals surface area contributed by atoms with Crippen molar-refractivity contribution in [3.05, 3.63) is 85.7 Å². The Labute approximate surface area is 189 Å². The normalized spacial score (nSPS) is 15.9. The van der Waals surface area contributed by atoms with Gasteiger partial charge < -0.3 is 20.1 Å². The van der Waals surface area contributed by atoms with Gasteiger partial charge in [0.1, 0.15) is 11.3 Å². The number of nitrogens with one attached hydrogen (secondary N) is 3. The number of aromatic amines is 2. The number of halogens is 3. The number of benzene rings is 2. The highest BCUT2D eigenvalue weighted by molar-refractivity contribution is 5.86. The molecule has 1 aliphatic heterocycles. The molecule has 0 amide bonds. The molecule has 0 unspecified atom stereocenters. The van der Waals surface area contributed by atoms with Gasteiger partial charge in [0.05, 0.1) is 24.4 Å². The molecule has 3 heterocycles. The fraction of sp³-hybridized carbons (Fsp3) is 0.217. The average Bonchev–Trinajstić information content (AvgIpc) is 3.17. The van der Waals surface area contributed by atoms with Crippen molar-refractivity contribution in [2.75, 3.05) is 13.7 Å². The molecular formula is C23H19F3N4O4. The van der Waals surface area contributed by atoms with Crippen LogP contribution in [0.4, 0.5) is 13.2 Å². The summed E-state index contributed by atoms with van der Waals surface area (Å²) in [6, 6.07) is 8.60. The van der Waals surface area contributed by atoms with E-state index in [0.29, 0.717) is 29.0 Å². The number of hydrogen-bond acceptors (Lipinski definition) is 5. The van der Waals surface area contributed by atoms with E-state index in [-0.39, 0.29) is 11.3 Å². The van der Waals surface area contributed by atoms with Crippen LogP contribution in [0.5, 0.6) is 11.6 Å². The van der Waals surface area contributed by atoms with E-state index in [1.165, 1.54) is 6.07 Å². The first-order valence-electron chi connectivity index (χ1n) is 10.4. The van der Waals surface area contributed by atoms with E-state index in [0.717, 1.165) is 34.7 Å². The Morgan fingerprint density at radius 2 is 1.91 bits per heavy atom. The molecule has 11 heteroatoms. The molecule has 0 radical (unpaired) electrons. The lowest BCUT2D eigenvalue weighted by Crippen LogP contribution is -2.38. The monoisotopic (exact) mass is 472 g/mol. The summed E-state index contributed by atoms with van der Waals surface area (Å²) in [5.74, 6) is -0.0853. The lowest BCUT2D eigenvalue weighted by molar-refractivity contribution is -0.137. The number of methoxy groups -OCH3 is 1. The topological polar surface area (TPSA) is 112 Å². The minimum Gasteiger partial charge on any atom is -0.497 e. The highest BCUT2D eigenvalue weighted by Gasteiger charge is 2.33. The number of aromatic nitrogens is 3. The van der Waals surface area contributed by atoms with Crippen LogP contribution in [-0.2, 0) is 12.6 Å². The van der Waals surface area contributed by atoms with E-state index in [9.17, 15) is 27.9 Å². The standard InChI is InChI=1S/C23H19F3N4O4/c1-34-13-5-6-16-15(10-13)14-7-8-27-19(18(14)28-16)17-20(31)29-22(33)30(21(17)32)12-4-2-3-11(9-12)23(24,25)26/h2-6,9-10,19,27-28,32H,7-8H2,1H3,(H,29,31,33)/t19-/m0/s1. The minimum absolute atomic E-state index is 0.184. The Balaban J connectivity index is 1.70. The summed E-state index contributed by atoms with van der Waals surface area (Å²) in [6.07, 6.45) is -4.02. The van der Waals surface area contributed by atoms with Crippen LogP contribution in [0.1, 0.15) is 28.4 Å². The third-order valence-electron chi connectivity index (χ3n) is 6.00. The van der Waals surface area contributed by atoms with Gasteiger partial charge in [-0.05, 0) is 48.4 Å². The maximum absolute atomic E-state index is 13.2. The van der Waals surface area contributed by atoms with Crippen molar-refractivity contribution in [3.8, 4) is 17.3 Å². The van der Waals surface area contributed by atoms with Gasteiger partial charge in [-0.3, -0.25) is 9.78 Å². The first-order chi connectivity index (χ1) is 16.2. The van der Waals surface area contributed by atoms with Crippen molar-refractivity contribution in [1.82, 2.24) is 19.9 Å². The Morgan fingerprint density at radius 1 is 1.12 bits per heavy atom. The number of aromatic hydroxyl groups is 1.